The van der Waals surface area contributed by atoms with Gasteiger partial charge in [-0.05, 0) is 63.4 Å². The van der Waals surface area contributed by atoms with Crippen molar-refractivity contribution in [2.45, 2.75) is 53.1 Å². The van der Waals surface area contributed by atoms with E-state index in [2.05, 4.69) is 42.8 Å². The molecule has 0 amide bonds. The molecule has 1 atom stereocenters. The zero-order valence-corrected chi connectivity index (χ0v) is 18.1. The summed E-state index contributed by atoms with van der Waals surface area (Å²) in [7, 11) is 1.90. The minimum atomic E-state index is -0.451. The highest BCUT2D eigenvalue weighted by Crippen LogP contribution is 2.33. The molecule has 1 aromatic carbocycles. The fourth-order valence-electron chi connectivity index (χ4n) is 2.35. The third-order valence-electron chi connectivity index (χ3n) is 4.01. The Morgan fingerprint density at radius 3 is 2.44 bits per heavy atom. The van der Waals surface area contributed by atoms with E-state index in [1.54, 1.807) is 0 Å². The Morgan fingerprint density at radius 2 is 1.88 bits per heavy atom. The smallest absolute Gasteiger partial charge is 0.320 e. The number of hydrogen-bond donors (Lipinski definition) is 0. The van der Waals surface area contributed by atoms with Crippen LogP contribution in [0.25, 0.3) is 0 Å². The van der Waals surface area contributed by atoms with Gasteiger partial charge in [0.25, 0.3) is 0 Å². The molecule has 0 radical (unpaired) electrons. The molecule has 0 aliphatic rings. The van der Waals surface area contributed by atoms with Crippen LogP contribution in [0.1, 0.15) is 53.0 Å². The van der Waals surface area contributed by atoms with Crippen molar-refractivity contribution in [1.82, 2.24) is 4.90 Å². The van der Waals surface area contributed by atoms with Crippen molar-refractivity contribution in [2.75, 3.05) is 26.7 Å². The zero-order chi connectivity index (χ0) is 19.2. The number of hydrogen-bond acceptors (Lipinski definition) is 4. The summed E-state index contributed by atoms with van der Waals surface area (Å²) in [6.45, 7) is 13.7. The molecule has 0 aromatic heterocycles. The lowest BCUT2D eigenvalue weighted by atomic mass is 9.90. The molecule has 0 aliphatic heterocycles. The van der Waals surface area contributed by atoms with Crippen LogP contribution in [0.4, 0.5) is 0 Å². The van der Waals surface area contributed by atoms with E-state index in [1.165, 1.54) is 5.56 Å². The summed E-state index contributed by atoms with van der Waals surface area (Å²) in [4.78, 5) is 13.8. The summed E-state index contributed by atoms with van der Waals surface area (Å²) in [6, 6.07) is 6.13. The van der Waals surface area contributed by atoms with Gasteiger partial charge < -0.3 is 9.47 Å². The van der Waals surface area contributed by atoms with Crippen molar-refractivity contribution in [3.8, 4) is 5.75 Å². The molecule has 5 heteroatoms. The number of carbonyl (C=O) groups excluding carboxylic acids is 1. The van der Waals surface area contributed by atoms with E-state index in [0.717, 1.165) is 10.2 Å². The number of likely N-dealkylation sites (N-methyl/N-ethyl adjacent to an activating group) is 1. The lowest BCUT2D eigenvalue weighted by Crippen LogP contribution is -2.34. The highest BCUT2D eigenvalue weighted by molar-refractivity contribution is 9.10. The monoisotopic (exact) mass is 413 g/mol. The van der Waals surface area contributed by atoms with Crippen molar-refractivity contribution in [2.24, 2.45) is 5.92 Å². The van der Waals surface area contributed by atoms with Crippen LogP contribution in [-0.4, -0.2) is 43.2 Å². The number of rotatable bonds is 8. The first-order valence-electron chi connectivity index (χ1n) is 8.82. The number of carbonyl (C=O) groups is 1. The van der Waals surface area contributed by atoms with Gasteiger partial charge in [0, 0.05) is 11.0 Å². The van der Waals surface area contributed by atoms with Crippen LogP contribution in [0, 0.1) is 5.92 Å². The SMILES string of the molecule is CC(C)C(C)c1cc(Br)ccc1OCCN(C)CC(=O)OC(C)(C)C. The van der Waals surface area contributed by atoms with Crippen LogP contribution < -0.4 is 4.74 Å². The van der Waals surface area contributed by atoms with Crippen LogP contribution in [0.3, 0.4) is 0 Å². The van der Waals surface area contributed by atoms with Crippen LogP contribution >= 0.6 is 15.9 Å². The molecule has 1 rings (SSSR count). The predicted molar refractivity (Wildman–Crippen MR) is 106 cm³/mol. The molecule has 0 bridgehead atoms. The first-order valence-corrected chi connectivity index (χ1v) is 9.61. The Bertz CT molecular complexity index is 567. The van der Waals surface area contributed by atoms with Gasteiger partial charge in [-0.3, -0.25) is 9.69 Å². The molecular formula is C20H32BrNO3. The van der Waals surface area contributed by atoms with Gasteiger partial charge in [0.1, 0.15) is 18.0 Å². The number of benzene rings is 1. The zero-order valence-electron chi connectivity index (χ0n) is 16.6. The van der Waals surface area contributed by atoms with Crippen molar-refractivity contribution >= 4 is 21.9 Å². The second-order valence-corrected chi connectivity index (χ2v) is 8.80. The van der Waals surface area contributed by atoms with Crippen LogP contribution in [0.2, 0.25) is 0 Å². The van der Waals surface area contributed by atoms with Crippen molar-refractivity contribution < 1.29 is 14.3 Å². The number of esters is 1. The topological polar surface area (TPSA) is 38.8 Å². The lowest BCUT2D eigenvalue weighted by Gasteiger charge is -2.23. The molecule has 0 fully saturated rings. The largest absolute Gasteiger partial charge is 0.492 e. The lowest BCUT2D eigenvalue weighted by molar-refractivity contribution is -0.155. The molecule has 0 aliphatic carbocycles. The van der Waals surface area contributed by atoms with E-state index in [9.17, 15) is 4.79 Å². The van der Waals surface area contributed by atoms with Gasteiger partial charge in [-0.2, -0.15) is 0 Å². The highest BCUT2D eigenvalue weighted by atomic mass is 79.9. The Morgan fingerprint density at radius 1 is 1.24 bits per heavy atom. The van der Waals surface area contributed by atoms with E-state index in [-0.39, 0.29) is 12.5 Å². The number of nitrogens with zero attached hydrogens (tertiary/aromatic N) is 1. The predicted octanol–water partition coefficient (Wildman–Crippen LogP) is 4.86. The maximum atomic E-state index is 11.8. The van der Waals surface area contributed by atoms with Crippen molar-refractivity contribution in [3.05, 3.63) is 28.2 Å². The summed E-state index contributed by atoms with van der Waals surface area (Å²) in [5.41, 5.74) is 0.757. The molecule has 25 heavy (non-hydrogen) atoms. The maximum Gasteiger partial charge on any atom is 0.320 e. The second kappa shape index (κ2) is 9.58. The molecule has 4 nitrogen and oxygen atoms in total. The molecule has 0 spiro atoms. The van der Waals surface area contributed by atoms with Gasteiger partial charge in [0.05, 0.1) is 6.54 Å². The van der Waals surface area contributed by atoms with E-state index in [4.69, 9.17) is 9.47 Å². The van der Waals surface area contributed by atoms with E-state index >= 15 is 0 Å². The molecule has 0 N–H and O–H groups in total. The number of ether oxygens (including phenoxy) is 2. The van der Waals surface area contributed by atoms with Gasteiger partial charge in [-0.1, -0.05) is 36.7 Å². The Kier molecular flexibility index (Phi) is 8.42. The normalized spacial score (nSPS) is 13.2. The minimum absolute atomic E-state index is 0.215. The third-order valence-corrected chi connectivity index (χ3v) is 4.51. The maximum absolute atomic E-state index is 11.8. The minimum Gasteiger partial charge on any atom is -0.492 e. The van der Waals surface area contributed by atoms with E-state index in [1.807, 2.05) is 44.9 Å². The first-order chi connectivity index (χ1) is 11.5. The fourth-order valence-corrected chi connectivity index (χ4v) is 2.73. The van der Waals surface area contributed by atoms with Gasteiger partial charge in [-0.15, -0.1) is 0 Å². The average Bonchev–Trinajstić information content (AvgIpc) is 2.45. The summed E-state index contributed by atoms with van der Waals surface area (Å²) in [5.74, 6) is 1.64. The highest BCUT2D eigenvalue weighted by Gasteiger charge is 2.18. The quantitative estimate of drug-likeness (QED) is 0.570. The fraction of sp³-hybridized carbons (Fsp3) is 0.650. The molecule has 1 aromatic rings. The van der Waals surface area contributed by atoms with Crippen LogP contribution in [0.15, 0.2) is 22.7 Å². The van der Waals surface area contributed by atoms with Crippen LogP contribution in [-0.2, 0) is 9.53 Å². The summed E-state index contributed by atoms with van der Waals surface area (Å²) in [5, 5.41) is 0. The Labute approximate surface area is 161 Å². The summed E-state index contributed by atoms with van der Waals surface area (Å²) < 4.78 is 12.4. The second-order valence-electron chi connectivity index (χ2n) is 7.89. The van der Waals surface area contributed by atoms with Gasteiger partial charge in [0.15, 0.2) is 0 Å². The molecule has 142 valence electrons. The van der Waals surface area contributed by atoms with Crippen molar-refractivity contribution in [1.29, 1.82) is 0 Å². The molecular weight excluding hydrogens is 382 g/mol. The molecule has 0 saturated carbocycles. The first kappa shape index (κ1) is 22.0. The molecule has 0 saturated heterocycles. The Balaban J connectivity index is 2.57. The summed E-state index contributed by atoms with van der Waals surface area (Å²) >= 11 is 3.54. The standard InChI is InChI=1S/C20H32BrNO3/c1-14(2)15(3)17-12-16(21)8-9-18(17)24-11-10-22(7)13-19(23)25-20(4,5)6/h8-9,12,14-15H,10-11,13H2,1-7H3. The summed E-state index contributed by atoms with van der Waals surface area (Å²) in [6.07, 6.45) is 0. The Hall–Kier alpha value is -1.07. The van der Waals surface area contributed by atoms with Crippen molar-refractivity contribution in [3.63, 3.8) is 0 Å². The molecule has 0 heterocycles. The van der Waals surface area contributed by atoms with Gasteiger partial charge >= 0.3 is 5.97 Å². The van der Waals surface area contributed by atoms with E-state index < -0.39 is 5.60 Å². The van der Waals surface area contributed by atoms with E-state index in [0.29, 0.717) is 25.0 Å². The average molecular weight is 414 g/mol. The van der Waals surface area contributed by atoms with Gasteiger partial charge in [0.2, 0.25) is 0 Å². The number of halogens is 1. The van der Waals surface area contributed by atoms with Crippen LogP contribution in [0.5, 0.6) is 5.75 Å². The molecule has 1 unspecified atom stereocenters. The van der Waals surface area contributed by atoms with Gasteiger partial charge in [-0.25, -0.2) is 0 Å². The third kappa shape index (κ3) is 8.23.